The second kappa shape index (κ2) is 6.49. The standard InChI is InChI=1S/C15H18FN3O2/c1-10(9-21-3)18-15(20)14-8-17-19(11(14)2)13-6-4-12(16)5-7-13/h4-8,10H,9H2,1-3H3,(H,18,20). The van der Waals surface area contributed by atoms with Crippen molar-refractivity contribution in [1.82, 2.24) is 15.1 Å². The highest BCUT2D eigenvalue weighted by Crippen LogP contribution is 2.14. The van der Waals surface area contributed by atoms with Crippen molar-refractivity contribution in [2.45, 2.75) is 19.9 Å². The molecular formula is C15H18FN3O2. The first-order chi connectivity index (χ1) is 10.0. The molecule has 2 aromatic rings. The third kappa shape index (κ3) is 3.46. The molecule has 0 bridgehead atoms. The molecule has 1 aromatic carbocycles. The van der Waals surface area contributed by atoms with Crippen LogP contribution in [0.25, 0.3) is 5.69 Å². The fraction of sp³-hybridized carbons (Fsp3) is 0.333. The summed E-state index contributed by atoms with van der Waals surface area (Å²) in [5.41, 5.74) is 1.89. The van der Waals surface area contributed by atoms with Crippen molar-refractivity contribution in [3.63, 3.8) is 0 Å². The number of hydrogen-bond donors (Lipinski definition) is 1. The maximum absolute atomic E-state index is 12.9. The van der Waals surface area contributed by atoms with E-state index in [1.54, 1.807) is 30.8 Å². The number of nitrogens with one attached hydrogen (secondary N) is 1. The fourth-order valence-corrected chi connectivity index (χ4v) is 2.07. The van der Waals surface area contributed by atoms with Gasteiger partial charge in [-0.15, -0.1) is 0 Å². The van der Waals surface area contributed by atoms with Gasteiger partial charge in [-0.25, -0.2) is 9.07 Å². The van der Waals surface area contributed by atoms with Crippen LogP contribution in [0.1, 0.15) is 23.0 Å². The second-order valence-electron chi connectivity index (χ2n) is 4.86. The van der Waals surface area contributed by atoms with Crippen LogP contribution >= 0.6 is 0 Å². The van der Waals surface area contributed by atoms with Crippen molar-refractivity contribution >= 4 is 5.91 Å². The van der Waals surface area contributed by atoms with Crippen molar-refractivity contribution in [2.24, 2.45) is 0 Å². The van der Waals surface area contributed by atoms with E-state index in [1.807, 2.05) is 6.92 Å². The van der Waals surface area contributed by atoms with Gasteiger partial charge in [-0.05, 0) is 38.1 Å². The van der Waals surface area contributed by atoms with Crippen LogP contribution in [0.2, 0.25) is 0 Å². The molecule has 0 fully saturated rings. The zero-order valence-corrected chi connectivity index (χ0v) is 12.3. The van der Waals surface area contributed by atoms with Crippen LogP contribution < -0.4 is 5.32 Å². The van der Waals surface area contributed by atoms with Gasteiger partial charge in [-0.3, -0.25) is 4.79 Å². The third-order valence-electron chi connectivity index (χ3n) is 3.12. The molecule has 1 amide bonds. The largest absolute Gasteiger partial charge is 0.383 e. The molecule has 21 heavy (non-hydrogen) atoms. The third-order valence-corrected chi connectivity index (χ3v) is 3.12. The summed E-state index contributed by atoms with van der Waals surface area (Å²) in [7, 11) is 1.58. The highest BCUT2D eigenvalue weighted by Gasteiger charge is 2.16. The number of ether oxygens (including phenoxy) is 1. The van der Waals surface area contributed by atoms with E-state index < -0.39 is 0 Å². The zero-order valence-electron chi connectivity index (χ0n) is 12.3. The molecule has 6 heteroatoms. The molecule has 0 saturated carbocycles. The fourth-order valence-electron chi connectivity index (χ4n) is 2.07. The van der Waals surface area contributed by atoms with Crippen molar-refractivity contribution in [3.8, 4) is 5.69 Å². The Morgan fingerprint density at radius 3 is 2.71 bits per heavy atom. The predicted octanol–water partition coefficient (Wildman–Crippen LogP) is 2.08. The minimum Gasteiger partial charge on any atom is -0.383 e. The Labute approximate surface area is 122 Å². The van der Waals surface area contributed by atoms with Gasteiger partial charge in [-0.2, -0.15) is 5.10 Å². The average Bonchev–Trinajstić information content (AvgIpc) is 2.82. The van der Waals surface area contributed by atoms with Crippen LogP contribution in [-0.4, -0.2) is 35.4 Å². The van der Waals surface area contributed by atoms with Gasteiger partial charge >= 0.3 is 0 Å². The number of methoxy groups -OCH3 is 1. The maximum Gasteiger partial charge on any atom is 0.255 e. The molecule has 2 rings (SSSR count). The van der Waals surface area contributed by atoms with E-state index in [0.717, 1.165) is 0 Å². The van der Waals surface area contributed by atoms with E-state index in [9.17, 15) is 9.18 Å². The van der Waals surface area contributed by atoms with Crippen LogP contribution in [0, 0.1) is 12.7 Å². The molecule has 0 aliphatic carbocycles. The zero-order chi connectivity index (χ0) is 15.4. The van der Waals surface area contributed by atoms with Crippen molar-refractivity contribution < 1.29 is 13.9 Å². The lowest BCUT2D eigenvalue weighted by Crippen LogP contribution is -2.35. The molecular weight excluding hydrogens is 273 g/mol. The minimum atomic E-state index is -0.310. The lowest BCUT2D eigenvalue weighted by molar-refractivity contribution is 0.0905. The summed E-state index contributed by atoms with van der Waals surface area (Å²) in [6.45, 7) is 4.10. The molecule has 1 atom stereocenters. The first kappa shape index (κ1) is 15.2. The molecule has 5 nitrogen and oxygen atoms in total. The molecule has 0 aliphatic rings. The highest BCUT2D eigenvalue weighted by atomic mass is 19.1. The van der Waals surface area contributed by atoms with Crippen molar-refractivity contribution in [1.29, 1.82) is 0 Å². The summed E-state index contributed by atoms with van der Waals surface area (Å²) < 4.78 is 19.5. The van der Waals surface area contributed by atoms with Crippen molar-refractivity contribution in [3.05, 3.63) is 47.5 Å². The number of nitrogens with zero attached hydrogens (tertiary/aromatic N) is 2. The predicted molar refractivity (Wildman–Crippen MR) is 77.1 cm³/mol. The molecule has 1 aromatic heterocycles. The first-order valence-corrected chi connectivity index (χ1v) is 6.63. The molecule has 1 heterocycles. The molecule has 1 unspecified atom stereocenters. The smallest absolute Gasteiger partial charge is 0.255 e. The van der Waals surface area contributed by atoms with E-state index in [-0.39, 0.29) is 17.8 Å². The maximum atomic E-state index is 12.9. The Hall–Kier alpha value is -2.21. The summed E-state index contributed by atoms with van der Waals surface area (Å²) in [5.74, 6) is -0.514. The number of halogens is 1. The Kier molecular flexibility index (Phi) is 4.70. The van der Waals surface area contributed by atoms with Crippen molar-refractivity contribution in [2.75, 3.05) is 13.7 Å². The average molecular weight is 291 g/mol. The molecule has 0 saturated heterocycles. The van der Waals surface area contributed by atoms with Gasteiger partial charge in [0.25, 0.3) is 5.91 Å². The number of hydrogen-bond acceptors (Lipinski definition) is 3. The summed E-state index contributed by atoms with van der Waals surface area (Å²) >= 11 is 0. The Bertz CT molecular complexity index is 622. The quantitative estimate of drug-likeness (QED) is 0.917. The number of carbonyl (C=O) groups is 1. The lowest BCUT2D eigenvalue weighted by Gasteiger charge is -2.12. The van der Waals surface area contributed by atoms with Gasteiger partial charge in [0.05, 0.1) is 29.7 Å². The Morgan fingerprint density at radius 1 is 1.43 bits per heavy atom. The summed E-state index contributed by atoms with van der Waals surface area (Å²) in [6, 6.07) is 5.86. The monoisotopic (exact) mass is 291 g/mol. The second-order valence-corrected chi connectivity index (χ2v) is 4.86. The van der Waals surface area contributed by atoms with Gasteiger partial charge in [-0.1, -0.05) is 0 Å². The van der Waals surface area contributed by atoms with Gasteiger partial charge < -0.3 is 10.1 Å². The summed E-state index contributed by atoms with van der Waals surface area (Å²) in [5, 5.41) is 7.03. The molecule has 0 radical (unpaired) electrons. The molecule has 1 N–H and O–H groups in total. The van der Waals surface area contributed by atoms with Gasteiger partial charge in [0.1, 0.15) is 5.82 Å². The van der Waals surface area contributed by atoms with Gasteiger partial charge in [0, 0.05) is 13.2 Å². The first-order valence-electron chi connectivity index (χ1n) is 6.63. The normalized spacial score (nSPS) is 12.2. The van der Waals surface area contributed by atoms with Gasteiger partial charge in [0.2, 0.25) is 0 Å². The summed E-state index contributed by atoms with van der Waals surface area (Å²) in [4.78, 5) is 12.2. The Balaban J connectivity index is 2.20. The number of aromatic nitrogens is 2. The van der Waals surface area contributed by atoms with E-state index in [1.165, 1.54) is 18.3 Å². The summed E-state index contributed by atoms with van der Waals surface area (Å²) in [6.07, 6.45) is 1.51. The van der Waals surface area contributed by atoms with Crippen LogP contribution in [0.3, 0.4) is 0 Å². The number of benzene rings is 1. The lowest BCUT2D eigenvalue weighted by atomic mass is 10.2. The van der Waals surface area contributed by atoms with E-state index in [0.29, 0.717) is 23.6 Å². The highest BCUT2D eigenvalue weighted by molar-refractivity contribution is 5.95. The number of carbonyl (C=O) groups excluding carboxylic acids is 1. The van der Waals surface area contributed by atoms with E-state index in [4.69, 9.17) is 4.74 Å². The molecule has 0 spiro atoms. The topological polar surface area (TPSA) is 56.1 Å². The van der Waals surface area contributed by atoms with Gasteiger partial charge in [0.15, 0.2) is 0 Å². The van der Waals surface area contributed by atoms with E-state index >= 15 is 0 Å². The molecule has 112 valence electrons. The van der Waals surface area contributed by atoms with E-state index in [2.05, 4.69) is 10.4 Å². The minimum absolute atomic E-state index is 0.0870. The number of rotatable bonds is 5. The van der Waals surface area contributed by atoms with Crippen LogP contribution in [0.5, 0.6) is 0 Å². The van der Waals surface area contributed by atoms with Crippen LogP contribution in [-0.2, 0) is 4.74 Å². The Morgan fingerprint density at radius 2 is 2.10 bits per heavy atom. The van der Waals surface area contributed by atoms with Crippen LogP contribution in [0.4, 0.5) is 4.39 Å². The number of amides is 1. The molecule has 0 aliphatic heterocycles. The SMILES string of the molecule is COCC(C)NC(=O)c1cnn(-c2ccc(F)cc2)c1C. The van der Waals surface area contributed by atoms with Crippen LogP contribution in [0.15, 0.2) is 30.5 Å².